The molecule has 0 saturated carbocycles. The minimum atomic E-state index is -2.91. The van der Waals surface area contributed by atoms with Gasteiger partial charge in [-0.15, -0.1) is 0 Å². The highest BCUT2D eigenvalue weighted by molar-refractivity contribution is 5.94. The zero-order valence-corrected chi connectivity index (χ0v) is 12.7. The molecule has 1 unspecified atom stereocenters. The molecule has 124 valence electrons. The van der Waals surface area contributed by atoms with E-state index in [2.05, 4.69) is 15.2 Å². The van der Waals surface area contributed by atoms with Crippen molar-refractivity contribution in [1.29, 1.82) is 0 Å². The number of aromatic nitrogens is 2. The Bertz CT molecular complexity index is 669. The van der Waals surface area contributed by atoms with Crippen molar-refractivity contribution in [3.63, 3.8) is 0 Å². The summed E-state index contributed by atoms with van der Waals surface area (Å²) in [6.07, 6.45) is 3.17. The fraction of sp³-hybridized carbons (Fsp3) is 0.333. The first kappa shape index (κ1) is 16.9. The first-order chi connectivity index (χ1) is 10.8. The van der Waals surface area contributed by atoms with E-state index in [4.69, 9.17) is 0 Å². The van der Waals surface area contributed by atoms with Gasteiger partial charge in [-0.2, -0.15) is 13.9 Å². The predicted octanol–water partition coefficient (Wildman–Crippen LogP) is 1.66. The smallest absolute Gasteiger partial charge is 0.387 e. The Hall–Kier alpha value is -2.48. The second kappa shape index (κ2) is 6.74. The topological polar surface area (TPSA) is 76.4 Å². The van der Waals surface area contributed by atoms with Crippen LogP contribution >= 0.6 is 0 Å². The third-order valence-corrected chi connectivity index (χ3v) is 3.26. The summed E-state index contributed by atoms with van der Waals surface area (Å²) in [5, 5.41) is 16.9. The first-order valence-corrected chi connectivity index (χ1v) is 6.82. The molecule has 0 spiro atoms. The summed E-state index contributed by atoms with van der Waals surface area (Å²) in [5.74, 6) is -0.461. The number of alkyl halides is 2. The highest BCUT2D eigenvalue weighted by Crippen LogP contribution is 2.19. The molecule has 1 aromatic carbocycles. The van der Waals surface area contributed by atoms with Crippen LogP contribution in [0.2, 0.25) is 0 Å². The summed E-state index contributed by atoms with van der Waals surface area (Å²) in [7, 11) is 1.72. The van der Waals surface area contributed by atoms with Crippen LogP contribution in [0.15, 0.2) is 36.7 Å². The average molecular weight is 325 g/mol. The molecule has 1 aromatic heterocycles. The van der Waals surface area contributed by atoms with E-state index in [9.17, 15) is 18.7 Å². The quantitative estimate of drug-likeness (QED) is 0.847. The number of hydrogen-bond donors (Lipinski definition) is 2. The number of carbonyl (C=O) groups is 1. The molecule has 0 bridgehead atoms. The van der Waals surface area contributed by atoms with Crippen molar-refractivity contribution in [2.75, 3.05) is 6.54 Å². The molecule has 1 heterocycles. The summed E-state index contributed by atoms with van der Waals surface area (Å²) < 4.78 is 29.9. The number of halogens is 2. The lowest BCUT2D eigenvalue weighted by molar-refractivity contribution is -0.0498. The van der Waals surface area contributed by atoms with Gasteiger partial charge in [0.05, 0.1) is 12.7 Å². The van der Waals surface area contributed by atoms with E-state index < -0.39 is 18.1 Å². The van der Waals surface area contributed by atoms with Crippen molar-refractivity contribution in [1.82, 2.24) is 15.1 Å². The fourth-order valence-corrected chi connectivity index (χ4v) is 1.94. The van der Waals surface area contributed by atoms with Gasteiger partial charge in [0.1, 0.15) is 11.4 Å². The van der Waals surface area contributed by atoms with Gasteiger partial charge >= 0.3 is 6.61 Å². The lowest BCUT2D eigenvalue weighted by Gasteiger charge is -2.22. The summed E-state index contributed by atoms with van der Waals surface area (Å²) in [6.45, 7) is -1.37. The van der Waals surface area contributed by atoms with Crippen molar-refractivity contribution in [2.45, 2.75) is 19.1 Å². The molecule has 2 N–H and O–H groups in total. The van der Waals surface area contributed by atoms with E-state index >= 15 is 0 Å². The van der Waals surface area contributed by atoms with Crippen molar-refractivity contribution in [3.8, 4) is 5.75 Å². The standard InChI is InChI=1S/C15H17F2N3O3/c1-15(22,11-7-19-20(2)8-11)9-18-13(21)10-3-5-12(6-4-10)23-14(16)17/h3-8,14,22H,9H2,1-2H3,(H,18,21). The highest BCUT2D eigenvalue weighted by Gasteiger charge is 2.25. The number of hydrogen-bond acceptors (Lipinski definition) is 4. The number of nitrogens with one attached hydrogen (secondary N) is 1. The Morgan fingerprint density at radius 1 is 1.43 bits per heavy atom. The van der Waals surface area contributed by atoms with E-state index in [0.717, 1.165) is 0 Å². The summed E-state index contributed by atoms with van der Waals surface area (Å²) in [5.41, 5.74) is -0.433. The monoisotopic (exact) mass is 325 g/mol. The number of amides is 1. The van der Waals surface area contributed by atoms with Gasteiger partial charge in [-0.3, -0.25) is 9.48 Å². The molecule has 6 nitrogen and oxygen atoms in total. The van der Waals surface area contributed by atoms with Gasteiger partial charge < -0.3 is 15.2 Å². The molecular formula is C15H17F2N3O3. The van der Waals surface area contributed by atoms with Gasteiger partial charge in [-0.05, 0) is 31.2 Å². The van der Waals surface area contributed by atoms with Crippen LogP contribution in [-0.2, 0) is 12.6 Å². The van der Waals surface area contributed by atoms with Crippen molar-refractivity contribution in [2.24, 2.45) is 7.05 Å². The zero-order valence-electron chi connectivity index (χ0n) is 12.7. The van der Waals surface area contributed by atoms with Crippen LogP contribution in [0.5, 0.6) is 5.75 Å². The van der Waals surface area contributed by atoms with Gasteiger partial charge in [0.25, 0.3) is 5.91 Å². The number of aliphatic hydroxyl groups is 1. The molecule has 0 fully saturated rings. The van der Waals surface area contributed by atoms with Crippen molar-refractivity contribution < 1.29 is 23.4 Å². The van der Waals surface area contributed by atoms with Crippen LogP contribution < -0.4 is 10.1 Å². The maximum Gasteiger partial charge on any atom is 0.387 e. The molecule has 1 atom stereocenters. The second-order valence-electron chi connectivity index (χ2n) is 5.26. The normalized spacial score (nSPS) is 13.7. The average Bonchev–Trinajstić information content (AvgIpc) is 2.92. The molecule has 0 aliphatic carbocycles. The maximum absolute atomic E-state index is 12.1. The molecule has 23 heavy (non-hydrogen) atoms. The molecule has 2 rings (SSSR count). The predicted molar refractivity (Wildman–Crippen MR) is 78.2 cm³/mol. The summed E-state index contributed by atoms with van der Waals surface area (Å²) in [6, 6.07) is 5.29. The van der Waals surface area contributed by atoms with E-state index in [1.807, 2.05) is 0 Å². The first-order valence-electron chi connectivity index (χ1n) is 6.82. The van der Waals surface area contributed by atoms with E-state index in [1.54, 1.807) is 24.9 Å². The van der Waals surface area contributed by atoms with Gasteiger partial charge in [-0.1, -0.05) is 0 Å². The Balaban J connectivity index is 1.96. The number of rotatable bonds is 6. The lowest BCUT2D eigenvalue weighted by atomic mass is 9.99. The molecule has 0 aliphatic rings. The third-order valence-electron chi connectivity index (χ3n) is 3.26. The van der Waals surface area contributed by atoms with Crippen molar-refractivity contribution >= 4 is 5.91 Å². The molecule has 0 saturated heterocycles. The third kappa shape index (κ3) is 4.49. The minimum Gasteiger partial charge on any atom is -0.435 e. The number of nitrogens with zero attached hydrogens (tertiary/aromatic N) is 2. The maximum atomic E-state index is 12.1. The Kier molecular flexibility index (Phi) is 4.95. The Labute approximate surface area is 131 Å². The van der Waals surface area contributed by atoms with E-state index in [0.29, 0.717) is 5.56 Å². The summed E-state index contributed by atoms with van der Waals surface area (Å²) >= 11 is 0. The van der Waals surface area contributed by atoms with Gasteiger partial charge in [0, 0.05) is 24.4 Å². The number of aryl methyl sites for hydroxylation is 1. The molecule has 0 aliphatic heterocycles. The van der Waals surface area contributed by atoms with Crippen LogP contribution in [-0.4, -0.2) is 34.0 Å². The largest absolute Gasteiger partial charge is 0.435 e. The van der Waals surface area contributed by atoms with Crippen LogP contribution in [0.3, 0.4) is 0 Å². The highest BCUT2D eigenvalue weighted by atomic mass is 19.3. The van der Waals surface area contributed by atoms with Gasteiger partial charge in [-0.25, -0.2) is 0 Å². The molecular weight excluding hydrogens is 308 g/mol. The van der Waals surface area contributed by atoms with Crippen molar-refractivity contribution in [3.05, 3.63) is 47.8 Å². The van der Waals surface area contributed by atoms with Gasteiger partial charge in [0.15, 0.2) is 0 Å². The molecule has 0 radical (unpaired) electrons. The zero-order chi connectivity index (χ0) is 17.0. The van der Waals surface area contributed by atoms with Crippen LogP contribution in [0.4, 0.5) is 8.78 Å². The minimum absolute atomic E-state index is 0.0210. The molecule has 1 amide bonds. The Morgan fingerprint density at radius 2 is 2.09 bits per heavy atom. The lowest BCUT2D eigenvalue weighted by Crippen LogP contribution is -2.38. The van der Waals surface area contributed by atoms with Crippen LogP contribution in [0.25, 0.3) is 0 Å². The fourth-order valence-electron chi connectivity index (χ4n) is 1.94. The van der Waals surface area contributed by atoms with E-state index in [-0.39, 0.29) is 17.9 Å². The second-order valence-corrected chi connectivity index (χ2v) is 5.26. The van der Waals surface area contributed by atoms with Crippen LogP contribution in [0, 0.1) is 0 Å². The molecule has 2 aromatic rings. The summed E-state index contributed by atoms with van der Waals surface area (Å²) in [4.78, 5) is 12.0. The van der Waals surface area contributed by atoms with E-state index in [1.165, 1.54) is 30.5 Å². The van der Waals surface area contributed by atoms with Gasteiger partial charge in [0.2, 0.25) is 0 Å². The molecule has 8 heteroatoms. The van der Waals surface area contributed by atoms with Crippen LogP contribution in [0.1, 0.15) is 22.8 Å². The number of ether oxygens (including phenoxy) is 1. The number of benzene rings is 1. The Morgan fingerprint density at radius 3 is 2.61 bits per heavy atom. The number of carbonyl (C=O) groups excluding carboxylic acids is 1. The SMILES string of the molecule is Cn1cc(C(C)(O)CNC(=O)c2ccc(OC(F)F)cc2)cn1.